The highest BCUT2D eigenvalue weighted by atomic mass is 127. The van der Waals surface area contributed by atoms with Gasteiger partial charge in [0.15, 0.2) is 0 Å². The van der Waals surface area contributed by atoms with E-state index in [-0.39, 0.29) is 18.0 Å². The van der Waals surface area contributed by atoms with Crippen LogP contribution in [0.5, 0.6) is 11.5 Å². The number of fused-ring (bicyclic) bond motifs is 1. The van der Waals surface area contributed by atoms with Crippen LogP contribution < -0.4 is 20.1 Å². The molecule has 1 atom stereocenters. The number of nitrogens with one attached hydrogen (secondary N) is 2. The number of methoxy groups -OCH3 is 2. The average molecular weight is 789 g/mol. The maximum atomic E-state index is 13.1. The second-order valence-corrected chi connectivity index (χ2v) is 14.3. The van der Waals surface area contributed by atoms with E-state index in [4.69, 9.17) is 24.3 Å². The number of piperidine rings is 1. The Morgan fingerprint density at radius 3 is 2.46 bits per heavy atom. The van der Waals surface area contributed by atoms with Crippen molar-refractivity contribution in [3.63, 3.8) is 0 Å². The van der Waals surface area contributed by atoms with Crippen LogP contribution in [0.1, 0.15) is 55.6 Å². The van der Waals surface area contributed by atoms with E-state index in [1.54, 1.807) is 31.3 Å². The molecular formula is C38H41IN6O5. The minimum Gasteiger partial charge on any atom is -0.497 e. The zero-order chi connectivity index (χ0) is 35.4. The lowest BCUT2D eigenvalue weighted by molar-refractivity contribution is 0.0169. The van der Waals surface area contributed by atoms with Crippen LogP contribution in [-0.2, 0) is 11.3 Å². The SMILES string of the molecule is COc1ccc(CNc2ncc(I)c3c2c(-c2ccc(C(=O)Nc4ccccc4)cc2)nn3[C@@H]2CCCN(C(=O)OC(C)(C)C)C2)c(OC)c1. The third kappa shape index (κ3) is 7.80. The molecule has 2 aromatic heterocycles. The van der Waals surface area contributed by atoms with Gasteiger partial charge in [-0.25, -0.2) is 9.78 Å². The predicted octanol–water partition coefficient (Wildman–Crippen LogP) is 8.16. The molecular weight excluding hydrogens is 747 g/mol. The smallest absolute Gasteiger partial charge is 0.410 e. The Balaban J connectivity index is 1.39. The lowest BCUT2D eigenvalue weighted by Gasteiger charge is -2.34. The molecule has 1 fully saturated rings. The van der Waals surface area contributed by atoms with Gasteiger partial charge >= 0.3 is 6.09 Å². The van der Waals surface area contributed by atoms with Crippen LogP contribution in [0.3, 0.4) is 0 Å². The third-order valence-electron chi connectivity index (χ3n) is 8.47. The number of halogens is 1. The molecule has 0 aliphatic carbocycles. The molecule has 50 heavy (non-hydrogen) atoms. The lowest BCUT2D eigenvalue weighted by atomic mass is 10.0. The summed E-state index contributed by atoms with van der Waals surface area (Å²) in [5, 5.41) is 12.6. The van der Waals surface area contributed by atoms with Crippen molar-refractivity contribution in [1.82, 2.24) is 19.7 Å². The van der Waals surface area contributed by atoms with Gasteiger partial charge in [-0.15, -0.1) is 0 Å². The molecule has 12 heteroatoms. The molecule has 0 unspecified atom stereocenters. The number of carbonyl (C=O) groups is 2. The Morgan fingerprint density at radius 2 is 1.76 bits per heavy atom. The minimum absolute atomic E-state index is 0.0890. The maximum Gasteiger partial charge on any atom is 0.410 e. The summed E-state index contributed by atoms with van der Waals surface area (Å²) in [6.45, 7) is 7.16. The van der Waals surface area contributed by atoms with Crippen LogP contribution in [0, 0.1) is 3.57 Å². The van der Waals surface area contributed by atoms with E-state index < -0.39 is 5.60 Å². The second kappa shape index (κ2) is 15.0. The first-order chi connectivity index (χ1) is 24.0. The number of hydrogen-bond acceptors (Lipinski definition) is 8. The number of nitrogens with zero attached hydrogens (tertiary/aromatic N) is 4. The Labute approximate surface area is 305 Å². The minimum atomic E-state index is -0.589. The summed E-state index contributed by atoms with van der Waals surface area (Å²) in [7, 11) is 3.26. The number of para-hydroxylation sites is 1. The fraction of sp³-hybridized carbons (Fsp3) is 0.316. The van der Waals surface area contributed by atoms with E-state index in [2.05, 4.69) is 33.2 Å². The summed E-state index contributed by atoms with van der Waals surface area (Å²) in [5.74, 6) is 1.86. The standard InChI is InChI=1S/C38H41IN6O5/c1-38(2,3)50-37(47)44-19-9-12-28(23-44)45-34-30(39)22-41-35(40-21-26-17-18-29(48-4)20-31(26)49-5)32(34)33(43-45)24-13-15-25(16-14-24)36(46)42-27-10-7-6-8-11-27/h6-8,10-11,13-18,20,22,28H,9,12,19,21,23H2,1-5H3,(H,40,41)(H,42,46)/t28-/m1/s1. The van der Waals surface area contributed by atoms with Crippen molar-refractivity contribution in [2.75, 3.05) is 37.9 Å². The van der Waals surface area contributed by atoms with Gasteiger partial charge < -0.3 is 29.7 Å². The third-order valence-corrected chi connectivity index (χ3v) is 9.26. The topological polar surface area (TPSA) is 120 Å². The number of carbonyl (C=O) groups excluding carboxylic acids is 2. The van der Waals surface area contributed by atoms with E-state index >= 15 is 0 Å². The highest BCUT2D eigenvalue weighted by molar-refractivity contribution is 14.1. The van der Waals surface area contributed by atoms with Gasteiger partial charge in [0, 0.05) is 54.3 Å². The van der Waals surface area contributed by atoms with E-state index in [1.165, 1.54) is 0 Å². The zero-order valence-electron chi connectivity index (χ0n) is 28.8. The molecule has 11 nitrogen and oxygen atoms in total. The van der Waals surface area contributed by atoms with Crippen molar-refractivity contribution in [3.05, 3.63) is 93.7 Å². The normalized spacial score (nSPS) is 14.7. The van der Waals surface area contributed by atoms with Crippen LogP contribution in [0.2, 0.25) is 0 Å². The average Bonchev–Trinajstić information content (AvgIpc) is 3.53. The van der Waals surface area contributed by atoms with Crippen molar-refractivity contribution in [2.24, 2.45) is 0 Å². The first-order valence-electron chi connectivity index (χ1n) is 16.5. The predicted molar refractivity (Wildman–Crippen MR) is 203 cm³/mol. The second-order valence-electron chi connectivity index (χ2n) is 13.1. The van der Waals surface area contributed by atoms with Crippen LogP contribution in [-0.4, -0.2) is 64.6 Å². The summed E-state index contributed by atoms with van der Waals surface area (Å²) in [6.07, 6.45) is 3.17. The molecule has 3 aromatic carbocycles. The summed E-state index contributed by atoms with van der Waals surface area (Å²) in [5.41, 5.74) is 4.07. The molecule has 1 aliphatic heterocycles. The van der Waals surface area contributed by atoms with E-state index in [1.807, 2.05) is 92.3 Å². The van der Waals surface area contributed by atoms with Crippen molar-refractivity contribution in [1.29, 1.82) is 0 Å². The quantitative estimate of drug-likeness (QED) is 0.144. The van der Waals surface area contributed by atoms with Crippen molar-refractivity contribution >= 4 is 57.0 Å². The fourth-order valence-corrected chi connectivity index (χ4v) is 6.72. The van der Waals surface area contributed by atoms with Crippen LogP contribution in [0.15, 0.2) is 79.0 Å². The van der Waals surface area contributed by atoms with E-state index in [9.17, 15) is 9.59 Å². The highest BCUT2D eigenvalue weighted by Gasteiger charge is 2.31. The molecule has 0 bridgehead atoms. The molecule has 0 radical (unpaired) electrons. The zero-order valence-corrected chi connectivity index (χ0v) is 31.0. The number of benzene rings is 3. The summed E-state index contributed by atoms with van der Waals surface area (Å²) < 4.78 is 19.7. The number of pyridine rings is 1. The Kier molecular flexibility index (Phi) is 10.5. The fourth-order valence-electron chi connectivity index (χ4n) is 6.06. The van der Waals surface area contributed by atoms with Gasteiger partial charge in [-0.1, -0.05) is 30.3 Å². The van der Waals surface area contributed by atoms with Gasteiger partial charge in [-0.2, -0.15) is 5.10 Å². The van der Waals surface area contributed by atoms with Crippen molar-refractivity contribution in [2.45, 2.75) is 51.8 Å². The largest absolute Gasteiger partial charge is 0.497 e. The molecule has 2 N–H and O–H groups in total. The molecule has 1 saturated heterocycles. The van der Waals surface area contributed by atoms with E-state index in [0.29, 0.717) is 42.5 Å². The Morgan fingerprint density at radius 1 is 1.00 bits per heavy atom. The maximum absolute atomic E-state index is 13.1. The van der Waals surface area contributed by atoms with Gasteiger partial charge in [0.05, 0.1) is 34.7 Å². The lowest BCUT2D eigenvalue weighted by Crippen LogP contribution is -2.43. The number of rotatable bonds is 9. The summed E-state index contributed by atoms with van der Waals surface area (Å²) in [6, 6.07) is 22.4. The number of anilines is 2. The molecule has 0 spiro atoms. The first kappa shape index (κ1) is 35.0. The Bertz CT molecular complexity index is 1990. The highest BCUT2D eigenvalue weighted by Crippen LogP contribution is 2.39. The molecule has 5 aromatic rings. The van der Waals surface area contributed by atoms with Crippen LogP contribution >= 0.6 is 22.6 Å². The van der Waals surface area contributed by atoms with Gasteiger partial charge in [0.2, 0.25) is 0 Å². The molecule has 1 aliphatic rings. The van der Waals surface area contributed by atoms with E-state index in [0.717, 1.165) is 49.8 Å². The summed E-state index contributed by atoms with van der Waals surface area (Å²) >= 11 is 2.31. The van der Waals surface area contributed by atoms with Gasteiger partial charge in [-0.3, -0.25) is 9.48 Å². The van der Waals surface area contributed by atoms with Gasteiger partial charge in [0.25, 0.3) is 5.91 Å². The number of aromatic nitrogens is 3. The first-order valence-corrected chi connectivity index (χ1v) is 17.6. The summed E-state index contributed by atoms with van der Waals surface area (Å²) in [4.78, 5) is 32.8. The number of ether oxygens (including phenoxy) is 3. The Hall–Kier alpha value is -4.85. The monoisotopic (exact) mass is 788 g/mol. The van der Waals surface area contributed by atoms with Gasteiger partial charge in [-0.05, 0) is 92.6 Å². The van der Waals surface area contributed by atoms with Crippen LogP contribution in [0.25, 0.3) is 22.2 Å². The molecule has 3 heterocycles. The molecule has 2 amide bonds. The van der Waals surface area contributed by atoms with Crippen LogP contribution in [0.4, 0.5) is 16.3 Å². The molecule has 6 rings (SSSR count). The van der Waals surface area contributed by atoms with Crippen molar-refractivity contribution < 1.29 is 23.8 Å². The van der Waals surface area contributed by atoms with Gasteiger partial charge in [0.1, 0.15) is 28.6 Å². The molecule has 0 saturated carbocycles. The number of hydrogen-bond donors (Lipinski definition) is 2. The van der Waals surface area contributed by atoms with Crippen molar-refractivity contribution in [3.8, 4) is 22.8 Å². The number of amides is 2. The molecule has 260 valence electrons. The number of likely N-dealkylation sites (tertiary alicyclic amines) is 1.